The van der Waals surface area contributed by atoms with E-state index in [1.807, 2.05) is 64.1 Å². The van der Waals surface area contributed by atoms with Crippen molar-refractivity contribution in [2.75, 3.05) is 0 Å². The number of nitrogens with zero attached hydrogens (tertiary/aromatic N) is 2. The Morgan fingerprint density at radius 1 is 0.667 bits per heavy atom. The molecule has 1 heterocycles. The summed E-state index contributed by atoms with van der Waals surface area (Å²) in [4.78, 5) is 5.04. The molecule has 39 heavy (non-hydrogen) atoms. The van der Waals surface area contributed by atoms with E-state index >= 15 is 0 Å². The zero-order chi connectivity index (χ0) is 26.5. The second kappa shape index (κ2) is 20.4. The summed E-state index contributed by atoms with van der Waals surface area (Å²) in [6.07, 6.45) is 0. The standard InChI is InChI=1S/C30H30N2.2C2H6.CH4.CH3.Hf/c1-21(2)25-17-11-18-26(22(3)4)30(25)32-29(24-15-9-6-10-16-24)28-20-12-19-27(31-28)23-13-7-5-8-14-23;2*1-2;;;/h5-13,15-22,29H,1-4H3;2*1-2H3;1H4;1H3;/q-2;;;;-1;. The van der Waals surface area contributed by atoms with Crippen LogP contribution in [0.15, 0.2) is 91.0 Å². The Morgan fingerprint density at radius 2 is 1.21 bits per heavy atom. The number of benzene rings is 3. The smallest absolute Gasteiger partial charge is 0.0195 e. The van der Waals surface area contributed by atoms with Gasteiger partial charge in [-0.25, -0.2) is 0 Å². The molecule has 210 valence electrons. The molecule has 0 spiro atoms. The number of rotatable bonds is 7. The first-order valence-electron chi connectivity index (χ1n) is 13.4. The molecular formula is C36H49HfN2-3. The monoisotopic (exact) mass is 689 g/mol. The van der Waals surface area contributed by atoms with Gasteiger partial charge in [0.2, 0.25) is 0 Å². The fourth-order valence-electron chi connectivity index (χ4n) is 4.04. The molecule has 4 aromatic rings. The van der Waals surface area contributed by atoms with Gasteiger partial charge in [0.15, 0.2) is 0 Å². The third kappa shape index (κ3) is 10.5. The van der Waals surface area contributed by atoms with Crippen molar-refractivity contribution in [2.45, 2.75) is 80.7 Å². The van der Waals surface area contributed by atoms with Crippen LogP contribution >= 0.6 is 0 Å². The van der Waals surface area contributed by atoms with Gasteiger partial charge in [0.05, 0.1) is 0 Å². The third-order valence-corrected chi connectivity index (χ3v) is 5.75. The Balaban J connectivity index is 0. The molecule has 1 atom stereocenters. The maximum Gasteiger partial charge on any atom is 0.0195 e. The summed E-state index contributed by atoms with van der Waals surface area (Å²) in [5, 5.41) is 5.40. The zero-order valence-corrected chi connectivity index (χ0v) is 28.4. The van der Waals surface area contributed by atoms with E-state index in [1.165, 1.54) is 11.1 Å². The molecule has 3 aromatic carbocycles. The van der Waals surface area contributed by atoms with Crippen LogP contribution in [0.2, 0.25) is 0 Å². The van der Waals surface area contributed by atoms with Crippen molar-refractivity contribution in [3.63, 3.8) is 0 Å². The summed E-state index contributed by atoms with van der Waals surface area (Å²) in [7, 11) is 0. The Morgan fingerprint density at radius 3 is 1.72 bits per heavy atom. The molecular weight excluding hydrogens is 639 g/mol. The van der Waals surface area contributed by atoms with Crippen LogP contribution in [0.5, 0.6) is 0 Å². The molecule has 0 aliphatic carbocycles. The van der Waals surface area contributed by atoms with Crippen LogP contribution in [-0.4, -0.2) is 4.98 Å². The number of pyridine rings is 1. The average Bonchev–Trinajstić information content (AvgIpc) is 2.94. The molecule has 0 saturated carbocycles. The van der Waals surface area contributed by atoms with E-state index in [9.17, 15) is 0 Å². The number of hydrogen-bond acceptors (Lipinski definition) is 1. The Hall–Kier alpha value is -2.52. The topological polar surface area (TPSA) is 27.0 Å². The molecule has 4 rings (SSSR count). The van der Waals surface area contributed by atoms with Gasteiger partial charge in [-0.1, -0.05) is 140 Å². The van der Waals surface area contributed by atoms with Crippen LogP contribution in [0.25, 0.3) is 16.6 Å². The van der Waals surface area contributed by atoms with Gasteiger partial charge in [0.25, 0.3) is 0 Å². The summed E-state index contributed by atoms with van der Waals surface area (Å²) in [5.41, 5.74) is 7.66. The SMILES string of the molecule is C.CC.CC.CC(C)c1cccc(C(C)C)c1[N-]C(c1ccccc1)c1cccc(-c2[c-]cccc2)n1.[CH3-].[Hf]. The molecule has 0 aliphatic heterocycles. The van der Waals surface area contributed by atoms with Crippen molar-refractivity contribution in [3.05, 3.63) is 132 Å². The number of hydrogen-bond donors (Lipinski definition) is 0. The van der Waals surface area contributed by atoms with E-state index in [0.29, 0.717) is 11.8 Å². The third-order valence-electron chi connectivity index (χ3n) is 5.75. The minimum absolute atomic E-state index is 0. The molecule has 3 heteroatoms. The predicted octanol–water partition coefficient (Wildman–Crippen LogP) is 11.7. The van der Waals surface area contributed by atoms with Crippen LogP contribution in [0.1, 0.15) is 103 Å². The second-order valence-electron chi connectivity index (χ2n) is 8.76. The van der Waals surface area contributed by atoms with Gasteiger partial charge < -0.3 is 17.7 Å². The van der Waals surface area contributed by atoms with Gasteiger partial charge in [-0.2, -0.15) is 0 Å². The van der Waals surface area contributed by atoms with Gasteiger partial charge >= 0.3 is 0 Å². The number of aromatic nitrogens is 1. The summed E-state index contributed by atoms with van der Waals surface area (Å²) in [6.45, 7) is 16.9. The zero-order valence-electron chi connectivity index (χ0n) is 24.8. The van der Waals surface area contributed by atoms with Gasteiger partial charge in [0, 0.05) is 31.5 Å². The minimum atomic E-state index is -0.183. The fraction of sp³-hybridized carbons (Fsp3) is 0.333. The molecule has 0 aliphatic rings. The van der Waals surface area contributed by atoms with Crippen molar-refractivity contribution in [2.24, 2.45) is 0 Å². The molecule has 0 radical (unpaired) electrons. The van der Waals surface area contributed by atoms with E-state index in [0.717, 1.165) is 28.2 Å². The second-order valence-corrected chi connectivity index (χ2v) is 8.76. The fourth-order valence-corrected chi connectivity index (χ4v) is 4.04. The molecule has 0 bridgehead atoms. The van der Waals surface area contributed by atoms with Crippen LogP contribution in [0.4, 0.5) is 5.69 Å². The van der Waals surface area contributed by atoms with Crippen molar-refractivity contribution in [1.29, 1.82) is 0 Å². The van der Waals surface area contributed by atoms with E-state index in [1.54, 1.807) is 0 Å². The quantitative estimate of drug-likeness (QED) is 0.140. The van der Waals surface area contributed by atoms with Crippen molar-refractivity contribution < 1.29 is 25.8 Å². The molecule has 1 aromatic heterocycles. The Labute approximate surface area is 259 Å². The Kier molecular flexibility index (Phi) is 20.2. The van der Waals surface area contributed by atoms with Crippen LogP contribution < -0.4 is 0 Å². The van der Waals surface area contributed by atoms with E-state index in [4.69, 9.17) is 10.3 Å². The summed E-state index contributed by atoms with van der Waals surface area (Å²) in [6, 6.07) is 34.3. The average molecular weight is 688 g/mol. The van der Waals surface area contributed by atoms with Gasteiger partial charge in [-0.05, 0) is 29.6 Å². The molecule has 0 N–H and O–H groups in total. The maximum absolute atomic E-state index is 5.40. The first-order valence-corrected chi connectivity index (χ1v) is 13.4. The summed E-state index contributed by atoms with van der Waals surface area (Å²) in [5.74, 6) is 0.782. The van der Waals surface area contributed by atoms with E-state index < -0.39 is 0 Å². The van der Waals surface area contributed by atoms with Gasteiger partial charge in [-0.3, -0.25) is 0 Å². The van der Waals surface area contributed by atoms with Crippen LogP contribution in [0, 0.1) is 13.5 Å². The van der Waals surface area contributed by atoms with Crippen molar-refractivity contribution in [1.82, 2.24) is 4.98 Å². The molecule has 0 saturated heterocycles. The van der Waals surface area contributed by atoms with E-state index in [2.05, 4.69) is 88.4 Å². The van der Waals surface area contributed by atoms with Crippen LogP contribution in [-0.2, 0) is 25.8 Å². The van der Waals surface area contributed by atoms with Gasteiger partial charge in [-0.15, -0.1) is 41.6 Å². The van der Waals surface area contributed by atoms with E-state index in [-0.39, 0.29) is 46.7 Å². The molecule has 0 fully saturated rings. The Bertz CT molecular complexity index is 1130. The number of para-hydroxylation sites is 1. The normalized spacial score (nSPS) is 10.3. The molecule has 1 unspecified atom stereocenters. The maximum atomic E-state index is 5.40. The largest absolute Gasteiger partial charge is 0.673 e. The first-order chi connectivity index (χ1) is 17.5. The van der Waals surface area contributed by atoms with Crippen molar-refractivity contribution in [3.8, 4) is 11.3 Å². The first kappa shape index (κ1) is 38.6. The molecule has 2 nitrogen and oxygen atoms in total. The van der Waals surface area contributed by atoms with Gasteiger partial charge in [0.1, 0.15) is 0 Å². The summed E-state index contributed by atoms with van der Waals surface area (Å²) < 4.78 is 0. The van der Waals surface area contributed by atoms with Crippen molar-refractivity contribution >= 4 is 5.69 Å². The molecule has 0 amide bonds. The minimum Gasteiger partial charge on any atom is -0.673 e. The van der Waals surface area contributed by atoms with Crippen LogP contribution in [0.3, 0.4) is 0 Å². The summed E-state index contributed by atoms with van der Waals surface area (Å²) >= 11 is 0. The predicted molar refractivity (Wildman–Crippen MR) is 170 cm³/mol.